The molecule has 0 aliphatic heterocycles. The normalized spacial score (nSPS) is 15.5. The molecule has 1 aromatic rings. The Labute approximate surface area is 221 Å². The van der Waals surface area contributed by atoms with Crippen LogP contribution in [0.15, 0.2) is 42.5 Å². The predicted octanol–water partition coefficient (Wildman–Crippen LogP) is 2.12. The first kappa shape index (κ1) is 32.3. The molecule has 11 heteroatoms. The van der Waals surface area contributed by atoms with Gasteiger partial charge in [0.25, 0.3) is 0 Å². The molecular weight excluding hydrogens is 500 g/mol. The quantitative estimate of drug-likeness (QED) is 0.192. The van der Waals surface area contributed by atoms with E-state index in [9.17, 15) is 34.2 Å². The van der Waals surface area contributed by atoms with E-state index >= 15 is 0 Å². The fourth-order valence-corrected chi connectivity index (χ4v) is 4.22. The number of rotatable bonds is 15. The highest BCUT2D eigenvalue weighted by molar-refractivity contribution is 5.90. The Morgan fingerprint density at radius 3 is 1.87 bits per heavy atom. The van der Waals surface area contributed by atoms with Crippen LogP contribution in [0.2, 0.25) is 0 Å². The first-order valence-corrected chi connectivity index (χ1v) is 12.0. The van der Waals surface area contributed by atoms with Gasteiger partial charge in [0.05, 0.1) is 37.9 Å². The number of hydrogen-bond acceptors (Lipinski definition) is 10. The smallest absolute Gasteiger partial charge is 0.333 e. The number of carboxylic acid groups (broad SMARTS) is 1. The number of esters is 4. The number of benzene rings is 1. The Morgan fingerprint density at radius 2 is 1.39 bits per heavy atom. The van der Waals surface area contributed by atoms with Crippen molar-refractivity contribution in [3.63, 3.8) is 0 Å². The molecule has 6 atom stereocenters. The Hall–Kier alpha value is -3.73. The summed E-state index contributed by atoms with van der Waals surface area (Å²) in [5.41, 5.74) is 0.771. The van der Waals surface area contributed by atoms with E-state index in [-0.39, 0.29) is 5.57 Å². The molecule has 6 unspecified atom stereocenters. The Morgan fingerprint density at radius 1 is 0.868 bits per heavy atom. The lowest BCUT2D eigenvalue weighted by Crippen LogP contribution is -2.47. The number of methoxy groups -OCH3 is 2. The van der Waals surface area contributed by atoms with Crippen molar-refractivity contribution in [2.75, 3.05) is 27.4 Å². The van der Waals surface area contributed by atoms with Gasteiger partial charge >= 0.3 is 29.8 Å². The molecule has 0 fully saturated rings. The molecular formula is C27H36O11. The third kappa shape index (κ3) is 8.69. The van der Waals surface area contributed by atoms with Crippen LogP contribution in [-0.4, -0.2) is 73.6 Å². The molecule has 0 amide bonds. The molecule has 0 saturated heterocycles. The van der Waals surface area contributed by atoms with Gasteiger partial charge < -0.3 is 29.2 Å². The summed E-state index contributed by atoms with van der Waals surface area (Å²) in [5.74, 6) is -11.9. The van der Waals surface area contributed by atoms with Crippen molar-refractivity contribution in [2.45, 2.75) is 39.2 Å². The Bertz CT molecular complexity index is 988. The first-order valence-electron chi connectivity index (χ1n) is 12.0. The lowest BCUT2D eigenvalue weighted by Gasteiger charge is -2.34. The van der Waals surface area contributed by atoms with Crippen molar-refractivity contribution >= 4 is 29.8 Å². The zero-order chi connectivity index (χ0) is 29.0. The summed E-state index contributed by atoms with van der Waals surface area (Å²) in [6, 6.07) is 8.70. The predicted molar refractivity (Wildman–Crippen MR) is 134 cm³/mol. The van der Waals surface area contributed by atoms with Crippen LogP contribution < -0.4 is 0 Å². The van der Waals surface area contributed by atoms with E-state index in [4.69, 9.17) is 18.9 Å². The molecule has 2 N–H and O–H groups in total. The van der Waals surface area contributed by atoms with Gasteiger partial charge in [-0.05, 0) is 24.8 Å². The van der Waals surface area contributed by atoms with Crippen LogP contribution in [0.3, 0.4) is 0 Å². The van der Waals surface area contributed by atoms with Crippen LogP contribution in [0.25, 0.3) is 0 Å². The van der Waals surface area contributed by atoms with Crippen LogP contribution >= 0.6 is 0 Å². The molecule has 0 bridgehead atoms. The van der Waals surface area contributed by atoms with Crippen molar-refractivity contribution in [1.82, 2.24) is 0 Å². The third-order valence-corrected chi connectivity index (χ3v) is 6.19. The number of ether oxygens (including phenoxy) is 4. The number of carbonyl (C=O) groups excluding carboxylic acids is 4. The topological polar surface area (TPSA) is 163 Å². The molecule has 1 rings (SSSR count). The highest BCUT2D eigenvalue weighted by Crippen LogP contribution is 2.40. The van der Waals surface area contributed by atoms with Crippen LogP contribution in [0.4, 0.5) is 0 Å². The monoisotopic (exact) mass is 536 g/mol. The maximum Gasteiger partial charge on any atom is 0.333 e. The Kier molecular flexibility index (Phi) is 13.2. The van der Waals surface area contributed by atoms with Gasteiger partial charge in [-0.2, -0.15) is 0 Å². The van der Waals surface area contributed by atoms with E-state index in [1.807, 2.05) is 0 Å². The second kappa shape index (κ2) is 15.5. The fourth-order valence-electron chi connectivity index (χ4n) is 4.22. The van der Waals surface area contributed by atoms with Crippen molar-refractivity contribution in [3.8, 4) is 0 Å². The second-order valence-electron chi connectivity index (χ2n) is 8.84. The van der Waals surface area contributed by atoms with Gasteiger partial charge in [0, 0.05) is 5.57 Å². The Balaban J connectivity index is 3.31. The minimum Gasteiger partial charge on any atom is -0.481 e. The summed E-state index contributed by atoms with van der Waals surface area (Å²) < 4.78 is 19.7. The van der Waals surface area contributed by atoms with Gasteiger partial charge in [0.2, 0.25) is 0 Å². The van der Waals surface area contributed by atoms with Gasteiger partial charge in [-0.25, -0.2) is 4.79 Å². The number of carboxylic acids is 1. The second-order valence-corrected chi connectivity index (χ2v) is 8.84. The van der Waals surface area contributed by atoms with E-state index in [0.29, 0.717) is 12.0 Å². The van der Waals surface area contributed by atoms with Crippen molar-refractivity contribution in [1.29, 1.82) is 0 Å². The minimum absolute atomic E-state index is 0.115. The summed E-state index contributed by atoms with van der Waals surface area (Å²) in [7, 11) is 2.15. The molecule has 210 valence electrons. The summed E-state index contributed by atoms with van der Waals surface area (Å²) in [4.78, 5) is 62.8. The fraction of sp³-hybridized carbons (Fsp3) is 0.519. The number of hydrogen-bond donors (Lipinski definition) is 2. The molecule has 0 saturated carbocycles. The van der Waals surface area contributed by atoms with Gasteiger partial charge in [-0.1, -0.05) is 50.8 Å². The molecule has 0 heterocycles. The molecule has 0 spiro atoms. The summed E-state index contributed by atoms with van der Waals surface area (Å²) >= 11 is 0. The number of aliphatic hydroxyl groups is 1. The largest absolute Gasteiger partial charge is 0.481 e. The van der Waals surface area contributed by atoms with Crippen LogP contribution in [0, 0.1) is 23.7 Å². The zero-order valence-corrected chi connectivity index (χ0v) is 22.2. The van der Waals surface area contributed by atoms with E-state index in [0.717, 1.165) is 14.2 Å². The van der Waals surface area contributed by atoms with Gasteiger partial charge in [-0.15, -0.1) is 0 Å². The number of carbonyl (C=O) groups is 5. The summed E-state index contributed by atoms with van der Waals surface area (Å²) in [6.45, 7) is 6.79. The van der Waals surface area contributed by atoms with Crippen LogP contribution in [0.5, 0.6) is 0 Å². The molecule has 0 aromatic heterocycles. The average Bonchev–Trinajstić information content (AvgIpc) is 2.91. The minimum atomic E-state index is -1.72. The summed E-state index contributed by atoms with van der Waals surface area (Å²) in [5, 5.41) is 20.2. The molecule has 0 aliphatic rings. The van der Waals surface area contributed by atoms with E-state index in [1.54, 1.807) is 37.3 Å². The van der Waals surface area contributed by atoms with Crippen molar-refractivity contribution < 1.29 is 53.1 Å². The van der Waals surface area contributed by atoms with Crippen molar-refractivity contribution in [2.24, 2.45) is 23.7 Å². The molecule has 38 heavy (non-hydrogen) atoms. The highest BCUT2D eigenvalue weighted by atomic mass is 16.6. The standard InChI is InChI=1S/C27H36O11/c1-7-19(17-11-9-8-10-12-17)21(27(34)36-6)22(23(29)30)20(26(33)35-5)16(4)25(32)38-14-18(28)13-37-24(31)15(2)3/h8-12,16,18-22,28H,2,7,13-14H2,1,3-6H3,(H,29,30). The van der Waals surface area contributed by atoms with Gasteiger partial charge in [0.1, 0.15) is 19.3 Å². The lowest BCUT2D eigenvalue weighted by atomic mass is 9.68. The zero-order valence-electron chi connectivity index (χ0n) is 22.2. The molecule has 11 nitrogen and oxygen atoms in total. The molecule has 0 aliphatic carbocycles. The van der Waals surface area contributed by atoms with E-state index in [2.05, 4.69) is 6.58 Å². The third-order valence-electron chi connectivity index (χ3n) is 6.19. The maximum atomic E-state index is 13.0. The van der Waals surface area contributed by atoms with Gasteiger partial charge in [-0.3, -0.25) is 19.2 Å². The first-order chi connectivity index (χ1) is 17.9. The van der Waals surface area contributed by atoms with Crippen LogP contribution in [-0.2, 0) is 42.9 Å². The van der Waals surface area contributed by atoms with E-state index < -0.39 is 78.8 Å². The van der Waals surface area contributed by atoms with Gasteiger partial charge in [0.15, 0.2) is 0 Å². The summed E-state index contributed by atoms with van der Waals surface area (Å²) in [6.07, 6.45) is -1.05. The maximum absolute atomic E-state index is 13.0. The molecule has 0 radical (unpaired) electrons. The number of aliphatic carboxylic acids is 1. The van der Waals surface area contributed by atoms with E-state index in [1.165, 1.54) is 13.8 Å². The average molecular weight is 537 g/mol. The SMILES string of the molecule is C=C(C)C(=O)OCC(O)COC(=O)C(C)C(C(=O)OC)C(C(=O)O)C(C(=O)OC)C(CC)c1ccccc1. The van der Waals surface area contributed by atoms with Crippen molar-refractivity contribution in [3.05, 3.63) is 48.0 Å². The molecule has 1 aromatic carbocycles. The van der Waals surface area contributed by atoms with Crippen LogP contribution in [0.1, 0.15) is 38.7 Å². The number of aliphatic hydroxyl groups excluding tert-OH is 1. The highest BCUT2D eigenvalue weighted by Gasteiger charge is 2.51. The lowest BCUT2D eigenvalue weighted by molar-refractivity contribution is -0.173.